The molecule has 0 saturated heterocycles. The summed E-state index contributed by atoms with van der Waals surface area (Å²) in [5.41, 5.74) is -2.50. The first-order valence-electron chi connectivity index (χ1n) is 6.10. The van der Waals surface area contributed by atoms with E-state index in [9.17, 15) is 26.3 Å². The molecule has 0 bridgehead atoms. The van der Waals surface area contributed by atoms with Crippen molar-refractivity contribution in [2.75, 3.05) is 0 Å². The van der Waals surface area contributed by atoms with Crippen LogP contribution in [0.3, 0.4) is 0 Å². The molecule has 0 aliphatic heterocycles. The van der Waals surface area contributed by atoms with Gasteiger partial charge in [-0.15, -0.1) is 0 Å². The fourth-order valence-electron chi connectivity index (χ4n) is 1.95. The van der Waals surface area contributed by atoms with Gasteiger partial charge in [0, 0.05) is 17.7 Å². The van der Waals surface area contributed by atoms with Gasteiger partial charge in [-0.25, -0.2) is 0 Å². The molecule has 1 aromatic carbocycles. The molecule has 22 heavy (non-hydrogen) atoms. The van der Waals surface area contributed by atoms with E-state index >= 15 is 0 Å². The van der Waals surface area contributed by atoms with Gasteiger partial charge in [0.2, 0.25) is 0 Å². The first-order chi connectivity index (χ1) is 10.0. The summed E-state index contributed by atoms with van der Waals surface area (Å²) >= 11 is 0. The van der Waals surface area contributed by atoms with Crippen LogP contribution in [0.1, 0.15) is 29.7 Å². The lowest BCUT2D eigenvalue weighted by Crippen LogP contribution is -2.13. The zero-order valence-electron chi connectivity index (χ0n) is 11.2. The van der Waals surface area contributed by atoms with Gasteiger partial charge in [-0.1, -0.05) is 6.92 Å². The van der Waals surface area contributed by atoms with E-state index in [-0.39, 0.29) is 17.3 Å². The molecule has 1 atom stereocenters. The second kappa shape index (κ2) is 5.22. The number of halogens is 6. The number of alkyl halides is 6. The number of benzene rings is 1. The van der Waals surface area contributed by atoms with Crippen molar-refractivity contribution in [2.45, 2.75) is 25.2 Å². The molecule has 0 saturated carbocycles. The number of aromatic nitrogens is 2. The van der Waals surface area contributed by atoms with Crippen LogP contribution in [0.4, 0.5) is 26.3 Å². The number of hydrogen-bond acceptors (Lipinski definition) is 1. The highest BCUT2D eigenvalue weighted by molar-refractivity contribution is 5.72. The van der Waals surface area contributed by atoms with Crippen molar-refractivity contribution in [3.05, 3.63) is 35.0 Å². The fraction of sp³-hybridized carbons (Fsp3) is 0.308. The van der Waals surface area contributed by atoms with Gasteiger partial charge in [0.25, 0.3) is 0 Å². The predicted octanol–water partition coefficient (Wildman–Crippen LogP) is 4.80. The smallest absolute Gasteiger partial charge is 0.312 e. The Balaban J connectivity index is 2.59. The molecular weight excluding hydrogens is 312 g/mol. The maximum Gasteiger partial charge on any atom is 0.416 e. The van der Waals surface area contributed by atoms with Crippen molar-refractivity contribution >= 4 is 6.21 Å². The third kappa shape index (κ3) is 3.02. The van der Waals surface area contributed by atoms with Crippen LogP contribution in [0.15, 0.2) is 18.2 Å². The SMILES string of the molecule is CC(C=N)c1[nH][nH]c1-c1cc(C(F)(F)F)cc(C(F)(F)F)c1. The van der Waals surface area contributed by atoms with E-state index in [1.165, 1.54) is 0 Å². The molecule has 3 nitrogen and oxygen atoms in total. The molecule has 2 aromatic rings. The molecule has 0 aliphatic carbocycles. The minimum atomic E-state index is -4.89. The molecule has 120 valence electrons. The summed E-state index contributed by atoms with van der Waals surface area (Å²) in [6, 6.07) is 1.38. The maximum absolute atomic E-state index is 12.8. The van der Waals surface area contributed by atoms with Crippen molar-refractivity contribution < 1.29 is 26.3 Å². The number of rotatable bonds is 3. The van der Waals surface area contributed by atoms with Crippen molar-refractivity contribution in [3.63, 3.8) is 0 Å². The molecule has 0 radical (unpaired) electrons. The van der Waals surface area contributed by atoms with Crippen LogP contribution in [0, 0.1) is 5.41 Å². The molecule has 1 unspecified atom stereocenters. The Labute approximate surface area is 120 Å². The van der Waals surface area contributed by atoms with Gasteiger partial charge < -0.3 is 10.5 Å². The summed E-state index contributed by atoms with van der Waals surface area (Å²) in [7, 11) is 0. The topological polar surface area (TPSA) is 55.4 Å². The molecule has 1 heterocycles. The van der Waals surface area contributed by atoms with Gasteiger partial charge in [-0.2, -0.15) is 26.3 Å². The first kappa shape index (κ1) is 16.2. The first-order valence-corrected chi connectivity index (χ1v) is 6.10. The van der Waals surface area contributed by atoms with Crippen molar-refractivity contribution in [2.24, 2.45) is 0 Å². The summed E-state index contributed by atoms with van der Waals surface area (Å²) in [5, 5.41) is 12.2. The third-order valence-electron chi connectivity index (χ3n) is 3.17. The number of hydrogen-bond donors (Lipinski definition) is 3. The summed E-state index contributed by atoms with van der Waals surface area (Å²) in [4.78, 5) is 0. The lowest BCUT2D eigenvalue weighted by molar-refractivity contribution is -0.143. The Hall–Kier alpha value is -2.19. The lowest BCUT2D eigenvalue weighted by Gasteiger charge is -2.19. The molecule has 0 spiro atoms. The highest BCUT2D eigenvalue weighted by atomic mass is 19.4. The molecule has 2 rings (SSSR count). The second-order valence-electron chi connectivity index (χ2n) is 4.79. The van der Waals surface area contributed by atoms with Gasteiger partial charge in [0.1, 0.15) is 0 Å². The second-order valence-corrected chi connectivity index (χ2v) is 4.79. The van der Waals surface area contributed by atoms with Crippen LogP contribution in [-0.2, 0) is 12.4 Å². The summed E-state index contributed by atoms with van der Waals surface area (Å²) in [5.74, 6) is -0.458. The monoisotopic (exact) mass is 323 g/mol. The standard InChI is InChI=1S/C13H11F6N3/c1-6(5-20)10-11(22-21-10)7-2-8(12(14,15)16)4-9(3-7)13(17,18)19/h2-6,20-22H,1H3. The van der Waals surface area contributed by atoms with E-state index in [1.54, 1.807) is 6.92 Å². The van der Waals surface area contributed by atoms with E-state index in [1.807, 2.05) is 0 Å². The minimum absolute atomic E-state index is 0.0792. The number of H-pyrrole nitrogens is 2. The Kier molecular flexibility index (Phi) is 3.84. The average molecular weight is 323 g/mol. The molecular formula is C13H11F6N3. The Morgan fingerprint density at radius 2 is 1.45 bits per heavy atom. The van der Waals surface area contributed by atoms with Crippen LogP contribution < -0.4 is 0 Å². The van der Waals surface area contributed by atoms with Crippen LogP contribution in [0.25, 0.3) is 11.3 Å². The Morgan fingerprint density at radius 3 is 1.77 bits per heavy atom. The Morgan fingerprint density at radius 1 is 0.955 bits per heavy atom. The molecule has 3 N–H and O–H groups in total. The highest BCUT2D eigenvalue weighted by Crippen LogP contribution is 2.39. The van der Waals surface area contributed by atoms with Gasteiger partial charge >= 0.3 is 12.4 Å². The molecule has 0 amide bonds. The minimum Gasteiger partial charge on any atom is -0.312 e. The zero-order valence-corrected chi connectivity index (χ0v) is 11.2. The van der Waals surface area contributed by atoms with Crippen LogP contribution in [0.5, 0.6) is 0 Å². The van der Waals surface area contributed by atoms with Crippen molar-refractivity contribution in [1.82, 2.24) is 10.2 Å². The van der Waals surface area contributed by atoms with Crippen molar-refractivity contribution in [3.8, 4) is 11.3 Å². The van der Waals surface area contributed by atoms with Crippen LogP contribution in [-0.4, -0.2) is 16.4 Å². The number of nitrogens with one attached hydrogen (secondary N) is 3. The van der Waals surface area contributed by atoms with Gasteiger partial charge in [0.05, 0.1) is 22.5 Å². The normalized spacial score (nSPS) is 14.1. The highest BCUT2D eigenvalue weighted by Gasteiger charge is 2.37. The van der Waals surface area contributed by atoms with Gasteiger partial charge in [0.15, 0.2) is 0 Å². The molecule has 1 aromatic heterocycles. The van der Waals surface area contributed by atoms with E-state index in [0.717, 1.165) is 6.21 Å². The van der Waals surface area contributed by atoms with Gasteiger partial charge in [-0.3, -0.25) is 5.10 Å². The summed E-state index contributed by atoms with van der Waals surface area (Å²) in [6.45, 7) is 1.59. The largest absolute Gasteiger partial charge is 0.416 e. The van der Waals surface area contributed by atoms with E-state index in [0.29, 0.717) is 17.8 Å². The predicted molar refractivity (Wildman–Crippen MR) is 67.8 cm³/mol. The molecule has 9 heteroatoms. The molecule has 0 fully saturated rings. The van der Waals surface area contributed by atoms with E-state index < -0.39 is 29.4 Å². The molecule has 0 aliphatic rings. The maximum atomic E-state index is 12.8. The van der Waals surface area contributed by atoms with Crippen molar-refractivity contribution in [1.29, 1.82) is 5.41 Å². The number of aromatic amines is 2. The summed E-state index contributed by atoms with van der Waals surface area (Å²) < 4.78 is 76.7. The van der Waals surface area contributed by atoms with Crippen LogP contribution in [0.2, 0.25) is 0 Å². The quantitative estimate of drug-likeness (QED) is 0.537. The van der Waals surface area contributed by atoms with E-state index in [2.05, 4.69) is 10.2 Å². The van der Waals surface area contributed by atoms with Gasteiger partial charge in [-0.05, 0) is 18.2 Å². The van der Waals surface area contributed by atoms with E-state index in [4.69, 9.17) is 5.41 Å². The fourth-order valence-corrected chi connectivity index (χ4v) is 1.95. The lowest BCUT2D eigenvalue weighted by atomic mass is 9.97. The zero-order chi connectivity index (χ0) is 16.7. The third-order valence-corrected chi connectivity index (χ3v) is 3.17. The summed E-state index contributed by atoms with van der Waals surface area (Å²) in [6.07, 6.45) is -8.75. The van der Waals surface area contributed by atoms with Crippen LogP contribution >= 0.6 is 0 Å². The Bertz CT molecular complexity index is 644. The average Bonchev–Trinajstić information content (AvgIpc) is 2.34.